The molecule has 0 bridgehead atoms. The predicted molar refractivity (Wildman–Crippen MR) is 88.8 cm³/mol. The SMILES string of the molecule is Cc1cccc2nc(-c3cccnc3-n3cc[n+](C)c3)oc(=O)c12. The van der Waals surface area contributed by atoms with Gasteiger partial charge in [0, 0.05) is 6.20 Å². The van der Waals surface area contributed by atoms with Crippen molar-refractivity contribution < 1.29 is 8.98 Å². The summed E-state index contributed by atoms with van der Waals surface area (Å²) in [4.78, 5) is 21.4. The standard InChI is InChI=1S/C18H15N4O2/c1-12-5-3-7-14-15(12)18(23)24-17(20-14)13-6-4-8-19-16(13)22-10-9-21(2)11-22/h3-11H,1-2H3/q+1. The topological polar surface area (TPSA) is 64.8 Å². The van der Waals surface area contributed by atoms with Crippen LogP contribution in [-0.2, 0) is 7.05 Å². The number of benzene rings is 1. The average molecular weight is 319 g/mol. The summed E-state index contributed by atoms with van der Waals surface area (Å²) in [5.74, 6) is 0.915. The Kier molecular flexibility index (Phi) is 3.23. The van der Waals surface area contributed by atoms with E-state index in [0.29, 0.717) is 22.3 Å². The molecule has 4 aromatic rings. The van der Waals surface area contributed by atoms with Crippen LogP contribution in [0, 0.1) is 6.92 Å². The summed E-state index contributed by atoms with van der Waals surface area (Å²) in [6, 6.07) is 9.20. The Morgan fingerprint density at radius 3 is 2.88 bits per heavy atom. The van der Waals surface area contributed by atoms with Gasteiger partial charge >= 0.3 is 5.63 Å². The van der Waals surface area contributed by atoms with Gasteiger partial charge in [0.1, 0.15) is 18.0 Å². The van der Waals surface area contributed by atoms with Crippen molar-refractivity contribution in [3.8, 4) is 17.3 Å². The van der Waals surface area contributed by atoms with Crippen LogP contribution in [0.5, 0.6) is 0 Å². The lowest BCUT2D eigenvalue weighted by Gasteiger charge is -2.05. The van der Waals surface area contributed by atoms with Gasteiger partial charge in [0.25, 0.3) is 0 Å². The van der Waals surface area contributed by atoms with E-state index in [1.807, 2.05) is 66.1 Å². The Hall–Kier alpha value is -3.28. The van der Waals surface area contributed by atoms with E-state index in [9.17, 15) is 4.79 Å². The first-order chi connectivity index (χ1) is 11.6. The highest BCUT2D eigenvalue weighted by Crippen LogP contribution is 2.24. The summed E-state index contributed by atoms with van der Waals surface area (Å²) in [5.41, 5.74) is 1.74. The third kappa shape index (κ3) is 2.28. The fraction of sp³-hybridized carbons (Fsp3) is 0.111. The number of pyridine rings is 1. The van der Waals surface area contributed by atoms with Gasteiger partial charge in [-0.3, -0.25) is 0 Å². The normalized spacial score (nSPS) is 11.1. The highest BCUT2D eigenvalue weighted by atomic mass is 16.4. The van der Waals surface area contributed by atoms with Crippen LogP contribution < -0.4 is 10.2 Å². The van der Waals surface area contributed by atoms with Crippen molar-refractivity contribution in [2.24, 2.45) is 7.05 Å². The lowest BCUT2D eigenvalue weighted by atomic mass is 10.1. The zero-order valence-electron chi connectivity index (χ0n) is 13.3. The lowest BCUT2D eigenvalue weighted by molar-refractivity contribution is -0.670. The highest BCUT2D eigenvalue weighted by Gasteiger charge is 2.18. The van der Waals surface area contributed by atoms with Crippen molar-refractivity contribution in [2.75, 3.05) is 0 Å². The van der Waals surface area contributed by atoms with Gasteiger partial charge in [-0.1, -0.05) is 12.1 Å². The maximum absolute atomic E-state index is 12.4. The number of rotatable bonds is 2. The van der Waals surface area contributed by atoms with E-state index in [0.717, 1.165) is 5.56 Å². The first-order valence-electron chi connectivity index (χ1n) is 7.53. The second-order valence-corrected chi connectivity index (χ2v) is 5.64. The molecule has 0 aliphatic rings. The molecule has 3 aromatic heterocycles. The van der Waals surface area contributed by atoms with Crippen molar-refractivity contribution in [3.63, 3.8) is 0 Å². The van der Waals surface area contributed by atoms with Crippen LogP contribution in [0.2, 0.25) is 0 Å². The number of aryl methyl sites for hydroxylation is 2. The summed E-state index contributed by atoms with van der Waals surface area (Å²) in [6.45, 7) is 1.87. The third-order valence-corrected chi connectivity index (χ3v) is 3.90. The molecule has 0 aliphatic carbocycles. The van der Waals surface area contributed by atoms with E-state index in [2.05, 4.69) is 9.97 Å². The monoisotopic (exact) mass is 319 g/mol. The van der Waals surface area contributed by atoms with Crippen LogP contribution in [0.4, 0.5) is 0 Å². The number of fused-ring (bicyclic) bond motifs is 1. The molecule has 0 saturated carbocycles. The molecule has 4 rings (SSSR count). The van der Waals surface area contributed by atoms with E-state index < -0.39 is 0 Å². The number of hydrogen-bond acceptors (Lipinski definition) is 4. The maximum Gasteiger partial charge on any atom is 0.347 e. The molecule has 3 heterocycles. The van der Waals surface area contributed by atoms with Crippen LogP contribution in [0.25, 0.3) is 28.2 Å². The second-order valence-electron chi connectivity index (χ2n) is 5.64. The van der Waals surface area contributed by atoms with Crippen LogP contribution >= 0.6 is 0 Å². The largest absolute Gasteiger partial charge is 0.403 e. The van der Waals surface area contributed by atoms with E-state index in [-0.39, 0.29) is 11.5 Å². The molecule has 0 spiro atoms. The van der Waals surface area contributed by atoms with Crippen molar-refractivity contribution in [1.82, 2.24) is 14.5 Å². The van der Waals surface area contributed by atoms with E-state index in [1.54, 1.807) is 12.3 Å². The minimum Gasteiger partial charge on any atom is -0.403 e. The number of aromatic nitrogens is 4. The van der Waals surface area contributed by atoms with Crippen molar-refractivity contribution in [1.29, 1.82) is 0 Å². The molecular formula is C18H15N4O2+. The van der Waals surface area contributed by atoms with Gasteiger partial charge in [-0.05, 0) is 30.7 Å². The second kappa shape index (κ2) is 5.42. The molecule has 0 atom stereocenters. The molecule has 0 amide bonds. The van der Waals surface area contributed by atoms with Crippen molar-refractivity contribution in [3.05, 3.63) is 71.2 Å². The van der Waals surface area contributed by atoms with Crippen LogP contribution in [0.1, 0.15) is 5.56 Å². The summed E-state index contributed by atoms with van der Waals surface area (Å²) in [6.07, 6.45) is 7.37. The van der Waals surface area contributed by atoms with Crippen LogP contribution in [0.15, 0.2) is 64.5 Å². The molecule has 6 heteroatoms. The average Bonchev–Trinajstić information content (AvgIpc) is 3.01. The van der Waals surface area contributed by atoms with Gasteiger partial charge in [-0.15, -0.1) is 0 Å². The summed E-state index contributed by atoms with van der Waals surface area (Å²) in [7, 11) is 1.93. The minimum atomic E-state index is -0.388. The number of imidazole rings is 1. The quantitative estimate of drug-likeness (QED) is 0.531. The smallest absolute Gasteiger partial charge is 0.347 e. The predicted octanol–water partition coefficient (Wildman–Crippen LogP) is 2.17. The highest BCUT2D eigenvalue weighted by molar-refractivity contribution is 5.82. The zero-order valence-corrected chi connectivity index (χ0v) is 13.3. The van der Waals surface area contributed by atoms with E-state index in [1.165, 1.54) is 0 Å². The molecule has 0 unspecified atom stereocenters. The van der Waals surface area contributed by atoms with Gasteiger partial charge in [0.05, 0.1) is 18.0 Å². The van der Waals surface area contributed by atoms with Gasteiger partial charge < -0.3 is 4.42 Å². The van der Waals surface area contributed by atoms with Crippen LogP contribution in [-0.4, -0.2) is 14.5 Å². The minimum absolute atomic E-state index is 0.262. The molecule has 1 aromatic carbocycles. The van der Waals surface area contributed by atoms with Gasteiger partial charge in [-0.25, -0.2) is 19.3 Å². The number of hydrogen-bond donors (Lipinski definition) is 0. The molecule has 0 fully saturated rings. The fourth-order valence-corrected chi connectivity index (χ4v) is 2.74. The van der Waals surface area contributed by atoms with Crippen LogP contribution in [0.3, 0.4) is 0 Å². The zero-order chi connectivity index (χ0) is 16.7. The van der Waals surface area contributed by atoms with Crippen molar-refractivity contribution >= 4 is 10.9 Å². The van der Waals surface area contributed by atoms with Gasteiger partial charge in [0.2, 0.25) is 18.0 Å². The van der Waals surface area contributed by atoms with E-state index >= 15 is 0 Å². The third-order valence-electron chi connectivity index (χ3n) is 3.90. The molecule has 6 nitrogen and oxygen atoms in total. The molecule has 0 N–H and O–H groups in total. The molecule has 0 radical (unpaired) electrons. The van der Waals surface area contributed by atoms with Crippen molar-refractivity contribution in [2.45, 2.75) is 6.92 Å². The molecule has 0 aliphatic heterocycles. The molecule has 0 saturated heterocycles. The van der Waals surface area contributed by atoms with Gasteiger partial charge in [0.15, 0.2) is 0 Å². The Morgan fingerprint density at radius 1 is 1.21 bits per heavy atom. The first kappa shape index (κ1) is 14.3. The van der Waals surface area contributed by atoms with E-state index in [4.69, 9.17) is 4.42 Å². The first-order valence-corrected chi connectivity index (χ1v) is 7.53. The molecular weight excluding hydrogens is 304 g/mol. The van der Waals surface area contributed by atoms with Gasteiger partial charge in [-0.2, -0.15) is 4.57 Å². The Morgan fingerprint density at radius 2 is 2.08 bits per heavy atom. The Labute approximate surface area is 137 Å². The Bertz CT molecular complexity index is 1110. The maximum atomic E-state index is 12.4. The summed E-state index contributed by atoms with van der Waals surface area (Å²) >= 11 is 0. The molecule has 24 heavy (non-hydrogen) atoms. The fourth-order valence-electron chi connectivity index (χ4n) is 2.74. The lowest BCUT2D eigenvalue weighted by Crippen LogP contribution is -2.23. The Balaban J connectivity index is 1.98. The summed E-state index contributed by atoms with van der Waals surface area (Å²) < 4.78 is 9.27. The summed E-state index contributed by atoms with van der Waals surface area (Å²) in [5, 5.41) is 0.513. The molecule has 118 valence electrons. The number of nitrogens with zero attached hydrogens (tertiary/aromatic N) is 4.